The Balaban J connectivity index is 2.50. The van der Waals surface area contributed by atoms with Crippen LogP contribution in [0.5, 0.6) is 0 Å². The minimum absolute atomic E-state index is 0.269. The second-order valence-electron chi connectivity index (χ2n) is 2.94. The first-order chi connectivity index (χ1) is 7.13. The van der Waals surface area contributed by atoms with E-state index in [9.17, 15) is 9.59 Å². The fraction of sp³-hybridized carbons (Fsp3) is 0.200. The SMILES string of the molecule is NCC(=O)C(=O)NCc1cccc(Cl)c1. The zero-order chi connectivity index (χ0) is 11.3. The van der Waals surface area contributed by atoms with Crippen LogP contribution in [-0.2, 0) is 16.1 Å². The molecule has 80 valence electrons. The fourth-order valence-corrected chi connectivity index (χ4v) is 1.23. The Morgan fingerprint density at radius 3 is 2.73 bits per heavy atom. The van der Waals surface area contributed by atoms with Crippen LogP contribution in [0.15, 0.2) is 24.3 Å². The third-order valence-electron chi connectivity index (χ3n) is 1.78. The second kappa shape index (κ2) is 5.48. The van der Waals surface area contributed by atoms with E-state index >= 15 is 0 Å². The molecule has 1 aromatic carbocycles. The topological polar surface area (TPSA) is 72.2 Å². The third kappa shape index (κ3) is 3.69. The summed E-state index contributed by atoms with van der Waals surface area (Å²) in [7, 11) is 0. The predicted octanol–water partition coefficient (Wildman–Crippen LogP) is 0.484. The molecule has 1 aromatic rings. The molecule has 0 radical (unpaired) electrons. The quantitative estimate of drug-likeness (QED) is 0.734. The standard InChI is InChI=1S/C10H11ClN2O2/c11-8-3-1-2-7(4-8)6-13-10(15)9(14)5-12/h1-4H,5-6,12H2,(H,13,15). The van der Waals surface area contributed by atoms with Crippen LogP contribution >= 0.6 is 11.6 Å². The van der Waals surface area contributed by atoms with Crippen molar-refractivity contribution in [3.63, 3.8) is 0 Å². The highest BCUT2D eigenvalue weighted by molar-refractivity contribution is 6.36. The summed E-state index contributed by atoms with van der Waals surface area (Å²) in [6.45, 7) is -0.00743. The summed E-state index contributed by atoms with van der Waals surface area (Å²) in [6.07, 6.45) is 0. The predicted molar refractivity (Wildman–Crippen MR) is 57.4 cm³/mol. The van der Waals surface area contributed by atoms with Crippen molar-refractivity contribution in [1.29, 1.82) is 0 Å². The summed E-state index contributed by atoms with van der Waals surface area (Å²) in [6, 6.07) is 7.03. The highest BCUT2D eigenvalue weighted by Gasteiger charge is 2.09. The largest absolute Gasteiger partial charge is 0.345 e. The van der Waals surface area contributed by atoms with E-state index in [1.165, 1.54) is 0 Å². The van der Waals surface area contributed by atoms with Crippen LogP contribution in [-0.4, -0.2) is 18.2 Å². The first-order valence-electron chi connectivity index (χ1n) is 4.39. The van der Waals surface area contributed by atoms with Crippen molar-refractivity contribution in [3.05, 3.63) is 34.9 Å². The maximum Gasteiger partial charge on any atom is 0.289 e. The van der Waals surface area contributed by atoms with E-state index in [1.54, 1.807) is 24.3 Å². The van der Waals surface area contributed by atoms with Crippen molar-refractivity contribution >= 4 is 23.3 Å². The number of nitrogens with one attached hydrogen (secondary N) is 1. The molecule has 3 N–H and O–H groups in total. The van der Waals surface area contributed by atoms with Gasteiger partial charge in [0.25, 0.3) is 5.91 Å². The third-order valence-corrected chi connectivity index (χ3v) is 2.02. The lowest BCUT2D eigenvalue weighted by Gasteiger charge is -2.03. The Labute approximate surface area is 92.4 Å². The lowest BCUT2D eigenvalue weighted by Crippen LogP contribution is -2.34. The minimum Gasteiger partial charge on any atom is -0.345 e. The van der Waals surface area contributed by atoms with Gasteiger partial charge in [0.2, 0.25) is 5.78 Å². The van der Waals surface area contributed by atoms with Gasteiger partial charge < -0.3 is 11.1 Å². The van der Waals surface area contributed by atoms with E-state index in [-0.39, 0.29) is 13.1 Å². The molecule has 1 amide bonds. The van der Waals surface area contributed by atoms with Gasteiger partial charge in [-0.15, -0.1) is 0 Å². The van der Waals surface area contributed by atoms with Crippen molar-refractivity contribution in [2.75, 3.05) is 6.54 Å². The molecule has 15 heavy (non-hydrogen) atoms. The Hall–Kier alpha value is -1.39. The molecule has 0 saturated heterocycles. The van der Waals surface area contributed by atoms with Crippen LogP contribution in [0.1, 0.15) is 5.56 Å². The smallest absolute Gasteiger partial charge is 0.289 e. The summed E-state index contributed by atoms with van der Waals surface area (Å²) < 4.78 is 0. The van der Waals surface area contributed by atoms with Crippen molar-refractivity contribution in [2.45, 2.75) is 6.54 Å². The first-order valence-corrected chi connectivity index (χ1v) is 4.77. The van der Waals surface area contributed by atoms with Crippen LogP contribution in [0.25, 0.3) is 0 Å². The molecule has 0 heterocycles. The lowest BCUT2D eigenvalue weighted by atomic mass is 10.2. The van der Waals surface area contributed by atoms with Gasteiger partial charge in [-0.1, -0.05) is 23.7 Å². The van der Waals surface area contributed by atoms with Gasteiger partial charge in [-0.2, -0.15) is 0 Å². The zero-order valence-electron chi connectivity index (χ0n) is 8.00. The van der Waals surface area contributed by atoms with Gasteiger partial charge in [0.15, 0.2) is 0 Å². The number of benzene rings is 1. The number of hydrogen-bond acceptors (Lipinski definition) is 3. The molecule has 1 rings (SSSR count). The summed E-state index contributed by atoms with van der Waals surface area (Å²) in [4.78, 5) is 21.9. The lowest BCUT2D eigenvalue weighted by molar-refractivity contribution is -0.137. The number of rotatable bonds is 4. The van der Waals surface area contributed by atoms with E-state index in [0.29, 0.717) is 5.02 Å². The van der Waals surface area contributed by atoms with E-state index in [2.05, 4.69) is 5.32 Å². The van der Waals surface area contributed by atoms with Crippen LogP contribution in [0, 0.1) is 0 Å². The molecule has 5 heteroatoms. The van der Waals surface area contributed by atoms with E-state index in [0.717, 1.165) is 5.56 Å². The maximum atomic E-state index is 11.1. The molecule has 0 bridgehead atoms. The van der Waals surface area contributed by atoms with Gasteiger partial charge in [0.1, 0.15) is 0 Å². The van der Waals surface area contributed by atoms with Crippen LogP contribution in [0.3, 0.4) is 0 Å². The molecule has 0 spiro atoms. The van der Waals surface area contributed by atoms with Gasteiger partial charge in [0, 0.05) is 11.6 Å². The number of halogens is 1. The molecule has 0 atom stereocenters. The number of Topliss-reactive ketones (excluding diaryl/α,β-unsaturated/α-hetero) is 1. The molecule has 0 aromatic heterocycles. The van der Waals surface area contributed by atoms with Crippen LogP contribution in [0.4, 0.5) is 0 Å². The van der Waals surface area contributed by atoms with Crippen molar-refractivity contribution in [3.8, 4) is 0 Å². The number of amides is 1. The Morgan fingerprint density at radius 2 is 2.13 bits per heavy atom. The van der Waals surface area contributed by atoms with Gasteiger partial charge >= 0.3 is 0 Å². The first kappa shape index (κ1) is 11.7. The number of nitrogens with two attached hydrogens (primary N) is 1. The number of ketones is 1. The van der Waals surface area contributed by atoms with Crippen LogP contribution < -0.4 is 11.1 Å². The summed E-state index contributed by atoms with van der Waals surface area (Å²) in [5.74, 6) is -1.30. The molecule has 0 aliphatic rings. The van der Waals surface area contributed by atoms with Gasteiger partial charge in [-0.3, -0.25) is 9.59 Å². The Morgan fingerprint density at radius 1 is 1.40 bits per heavy atom. The van der Waals surface area contributed by atoms with E-state index in [1.807, 2.05) is 0 Å². The molecular formula is C10H11ClN2O2. The highest BCUT2D eigenvalue weighted by Crippen LogP contribution is 2.09. The Bertz CT molecular complexity index is 379. The van der Waals surface area contributed by atoms with Gasteiger partial charge in [-0.25, -0.2) is 0 Å². The van der Waals surface area contributed by atoms with Gasteiger partial charge in [-0.05, 0) is 17.7 Å². The maximum absolute atomic E-state index is 11.1. The Kier molecular flexibility index (Phi) is 4.27. The van der Waals surface area contributed by atoms with Gasteiger partial charge in [0.05, 0.1) is 6.54 Å². The average Bonchev–Trinajstić information content (AvgIpc) is 2.25. The average molecular weight is 227 g/mol. The van der Waals surface area contributed by atoms with E-state index in [4.69, 9.17) is 17.3 Å². The van der Waals surface area contributed by atoms with Crippen molar-refractivity contribution in [1.82, 2.24) is 5.32 Å². The highest BCUT2D eigenvalue weighted by atomic mass is 35.5. The molecular weight excluding hydrogens is 216 g/mol. The fourth-order valence-electron chi connectivity index (χ4n) is 1.02. The molecule has 0 saturated carbocycles. The monoisotopic (exact) mass is 226 g/mol. The summed E-state index contributed by atoms with van der Waals surface area (Å²) in [5, 5.41) is 3.04. The summed E-state index contributed by atoms with van der Waals surface area (Å²) in [5.41, 5.74) is 5.87. The normalized spacial score (nSPS) is 9.73. The summed E-state index contributed by atoms with van der Waals surface area (Å²) >= 11 is 5.75. The molecule has 0 fully saturated rings. The number of hydrogen-bond donors (Lipinski definition) is 2. The molecule has 0 aliphatic heterocycles. The van der Waals surface area contributed by atoms with Crippen molar-refractivity contribution < 1.29 is 9.59 Å². The number of carbonyl (C=O) groups excluding carboxylic acids is 2. The van der Waals surface area contributed by atoms with Crippen LogP contribution in [0.2, 0.25) is 5.02 Å². The zero-order valence-corrected chi connectivity index (χ0v) is 8.75. The molecule has 4 nitrogen and oxygen atoms in total. The molecule has 0 unspecified atom stereocenters. The molecule has 0 aliphatic carbocycles. The van der Waals surface area contributed by atoms with E-state index < -0.39 is 11.7 Å². The second-order valence-corrected chi connectivity index (χ2v) is 3.38. The minimum atomic E-state index is -0.669. The van der Waals surface area contributed by atoms with Crippen molar-refractivity contribution in [2.24, 2.45) is 5.73 Å². The number of carbonyl (C=O) groups is 2.